The van der Waals surface area contributed by atoms with Crippen LogP contribution >= 0.6 is 0 Å². The van der Waals surface area contributed by atoms with Gasteiger partial charge in [0.2, 0.25) is 0 Å². The largest absolute Gasteiger partial charge is 0.493 e. The number of ether oxygens (including phenoxy) is 3. The highest BCUT2D eigenvalue weighted by molar-refractivity contribution is 7.92. The maximum atomic E-state index is 13.7. The molecule has 4 rings (SSSR count). The standard InChI is InChI=1S/C21H24N4O5S/c1-28-9-8-25(31(26,27)15-4-5-17-14(10-15)6-7-22-17)19-13-23-24-18-12-21(30-3)20(29-2)11-16(18)19/h4-5,10-13,22H,6-9H2,1-3H3. The predicted octanol–water partition coefficient (Wildman–Crippen LogP) is 2.46. The van der Waals surface area contributed by atoms with E-state index in [1.807, 2.05) is 0 Å². The molecule has 10 heteroatoms. The van der Waals surface area contributed by atoms with Crippen LogP contribution in [0.2, 0.25) is 0 Å². The summed E-state index contributed by atoms with van der Waals surface area (Å²) >= 11 is 0. The third-order valence-electron chi connectivity index (χ3n) is 5.27. The van der Waals surface area contributed by atoms with E-state index < -0.39 is 10.0 Å². The molecular formula is C21H24N4O5S. The van der Waals surface area contributed by atoms with E-state index in [0.717, 1.165) is 24.2 Å². The summed E-state index contributed by atoms with van der Waals surface area (Å²) in [5.41, 5.74) is 2.83. The zero-order valence-corrected chi connectivity index (χ0v) is 18.4. The molecule has 1 N–H and O–H groups in total. The van der Waals surface area contributed by atoms with Crippen LogP contribution in [0.25, 0.3) is 10.9 Å². The Balaban J connectivity index is 1.87. The van der Waals surface area contributed by atoms with Crippen molar-refractivity contribution in [1.82, 2.24) is 10.2 Å². The molecule has 1 aliphatic rings. The third-order valence-corrected chi connectivity index (χ3v) is 7.07. The van der Waals surface area contributed by atoms with Gasteiger partial charge in [-0.3, -0.25) is 4.31 Å². The molecule has 3 aromatic rings. The summed E-state index contributed by atoms with van der Waals surface area (Å²) in [7, 11) is 0.692. The van der Waals surface area contributed by atoms with Crippen molar-refractivity contribution in [2.45, 2.75) is 11.3 Å². The van der Waals surface area contributed by atoms with Gasteiger partial charge in [0.15, 0.2) is 11.5 Å². The van der Waals surface area contributed by atoms with Crippen LogP contribution in [0.15, 0.2) is 41.4 Å². The van der Waals surface area contributed by atoms with Crippen molar-refractivity contribution in [2.75, 3.05) is 50.6 Å². The second-order valence-electron chi connectivity index (χ2n) is 7.02. The number of nitrogens with one attached hydrogen (secondary N) is 1. The maximum Gasteiger partial charge on any atom is 0.264 e. The molecule has 164 valence electrons. The van der Waals surface area contributed by atoms with E-state index in [9.17, 15) is 8.42 Å². The summed E-state index contributed by atoms with van der Waals surface area (Å²) in [6.45, 7) is 1.12. The number of methoxy groups -OCH3 is 3. The first-order chi connectivity index (χ1) is 15.0. The lowest BCUT2D eigenvalue weighted by Gasteiger charge is -2.25. The lowest BCUT2D eigenvalue weighted by molar-refractivity contribution is 0.208. The van der Waals surface area contributed by atoms with Gasteiger partial charge in [-0.05, 0) is 36.2 Å². The SMILES string of the molecule is COCCN(c1cnnc2cc(OC)c(OC)cc12)S(=O)(=O)c1ccc2c(c1)CCN2. The highest BCUT2D eigenvalue weighted by atomic mass is 32.2. The number of rotatable bonds is 8. The Morgan fingerprint density at radius 2 is 1.87 bits per heavy atom. The number of benzene rings is 2. The van der Waals surface area contributed by atoms with Gasteiger partial charge in [-0.2, -0.15) is 10.2 Å². The van der Waals surface area contributed by atoms with E-state index in [-0.39, 0.29) is 18.0 Å². The first-order valence-corrected chi connectivity index (χ1v) is 11.2. The van der Waals surface area contributed by atoms with Gasteiger partial charge in [-0.25, -0.2) is 8.42 Å². The molecule has 0 fully saturated rings. The molecule has 0 amide bonds. The van der Waals surface area contributed by atoms with Gasteiger partial charge in [0.1, 0.15) is 0 Å². The fraction of sp³-hybridized carbons (Fsp3) is 0.333. The monoisotopic (exact) mass is 444 g/mol. The molecule has 1 aromatic heterocycles. The Morgan fingerprint density at radius 3 is 2.61 bits per heavy atom. The minimum Gasteiger partial charge on any atom is -0.493 e. The van der Waals surface area contributed by atoms with Gasteiger partial charge in [-0.15, -0.1) is 0 Å². The molecule has 1 aliphatic heterocycles. The Bertz CT molecular complexity index is 1220. The van der Waals surface area contributed by atoms with Crippen LogP contribution < -0.4 is 19.1 Å². The fourth-order valence-corrected chi connectivity index (χ4v) is 5.19. The van der Waals surface area contributed by atoms with Crippen LogP contribution in [-0.4, -0.2) is 59.6 Å². The van der Waals surface area contributed by atoms with E-state index in [1.165, 1.54) is 31.8 Å². The first-order valence-electron chi connectivity index (χ1n) is 9.75. The zero-order valence-electron chi connectivity index (χ0n) is 17.6. The minimum atomic E-state index is -3.89. The van der Waals surface area contributed by atoms with E-state index in [0.29, 0.717) is 28.1 Å². The fourth-order valence-electron chi connectivity index (χ4n) is 3.68. The molecule has 0 saturated carbocycles. The second kappa shape index (κ2) is 8.56. The number of fused-ring (bicyclic) bond motifs is 2. The summed E-state index contributed by atoms with van der Waals surface area (Å²) < 4.78 is 44.7. The van der Waals surface area contributed by atoms with Crippen molar-refractivity contribution in [3.05, 3.63) is 42.1 Å². The normalized spacial score (nSPS) is 13.0. The molecule has 0 saturated heterocycles. The van der Waals surface area contributed by atoms with E-state index in [1.54, 1.807) is 30.3 Å². The van der Waals surface area contributed by atoms with Gasteiger partial charge >= 0.3 is 0 Å². The summed E-state index contributed by atoms with van der Waals surface area (Å²) in [5, 5.41) is 12.0. The molecule has 2 heterocycles. The Hall–Kier alpha value is -3.11. The number of anilines is 2. The Morgan fingerprint density at radius 1 is 1.10 bits per heavy atom. The van der Waals surface area contributed by atoms with Crippen molar-refractivity contribution in [1.29, 1.82) is 0 Å². The van der Waals surface area contributed by atoms with Crippen LogP contribution in [0.3, 0.4) is 0 Å². The molecule has 31 heavy (non-hydrogen) atoms. The summed E-state index contributed by atoms with van der Waals surface area (Å²) in [6, 6.07) is 8.53. The number of hydrogen-bond donors (Lipinski definition) is 1. The smallest absolute Gasteiger partial charge is 0.264 e. The molecular weight excluding hydrogens is 420 g/mol. The average molecular weight is 445 g/mol. The lowest BCUT2D eigenvalue weighted by Crippen LogP contribution is -2.34. The van der Waals surface area contributed by atoms with Gasteiger partial charge in [0.25, 0.3) is 10.0 Å². The van der Waals surface area contributed by atoms with Gasteiger partial charge in [0, 0.05) is 30.8 Å². The van der Waals surface area contributed by atoms with E-state index in [4.69, 9.17) is 14.2 Å². The van der Waals surface area contributed by atoms with Gasteiger partial charge < -0.3 is 19.5 Å². The Kier molecular flexibility index (Phi) is 5.84. The van der Waals surface area contributed by atoms with Gasteiger partial charge in [-0.1, -0.05) is 0 Å². The predicted molar refractivity (Wildman–Crippen MR) is 118 cm³/mol. The highest BCUT2D eigenvalue weighted by Gasteiger charge is 2.28. The summed E-state index contributed by atoms with van der Waals surface area (Å²) in [4.78, 5) is 0.219. The number of nitrogens with zero attached hydrogens (tertiary/aromatic N) is 3. The number of hydrogen-bond acceptors (Lipinski definition) is 8. The quantitative estimate of drug-likeness (QED) is 0.565. The summed E-state index contributed by atoms with van der Waals surface area (Å²) in [6.07, 6.45) is 2.23. The molecule has 9 nitrogen and oxygen atoms in total. The molecule has 0 bridgehead atoms. The molecule has 0 spiro atoms. The van der Waals surface area contributed by atoms with Crippen LogP contribution in [0.4, 0.5) is 11.4 Å². The lowest BCUT2D eigenvalue weighted by atomic mass is 10.2. The maximum absolute atomic E-state index is 13.7. The van der Waals surface area contributed by atoms with Crippen molar-refractivity contribution in [2.24, 2.45) is 0 Å². The van der Waals surface area contributed by atoms with Crippen LogP contribution in [0.1, 0.15) is 5.56 Å². The van der Waals surface area contributed by atoms with Crippen molar-refractivity contribution in [3.63, 3.8) is 0 Å². The first kappa shape index (κ1) is 21.1. The molecule has 0 atom stereocenters. The average Bonchev–Trinajstić information content (AvgIpc) is 3.26. The second-order valence-corrected chi connectivity index (χ2v) is 8.88. The summed E-state index contributed by atoms with van der Waals surface area (Å²) in [5.74, 6) is 0.954. The molecule has 2 aromatic carbocycles. The van der Waals surface area contributed by atoms with Crippen molar-refractivity contribution in [3.8, 4) is 11.5 Å². The van der Waals surface area contributed by atoms with E-state index >= 15 is 0 Å². The van der Waals surface area contributed by atoms with Crippen molar-refractivity contribution < 1.29 is 22.6 Å². The van der Waals surface area contributed by atoms with Crippen LogP contribution in [0.5, 0.6) is 11.5 Å². The van der Waals surface area contributed by atoms with Crippen LogP contribution in [-0.2, 0) is 21.2 Å². The zero-order chi connectivity index (χ0) is 22.0. The number of aromatic nitrogens is 2. The highest BCUT2D eigenvalue weighted by Crippen LogP contribution is 2.37. The minimum absolute atomic E-state index is 0.114. The third kappa shape index (κ3) is 3.84. The number of sulfonamides is 1. The van der Waals surface area contributed by atoms with Crippen LogP contribution in [0, 0.1) is 0 Å². The van der Waals surface area contributed by atoms with Gasteiger partial charge in [0.05, 0.1) is 49.7 Å². The van der Waals surface area contributed by atoms with Crippen molar-refractivity contribution >= 4 is 32.3 Å². The molecule has 0 unspecified atom stereocenters. The molecule has 0 aliphatic carbocycles. The van der Waals surface area contributed by atoms with E-state index in [2.05, 4.69) is 15.5 Å². The topological polar surface area (TPSA) is 103 Å². The molecule has 0 radical (unpaired) electrons. The Labute approximate surface area is 181 Å².